The fraction of sp³-hybridized carbons (Fsp3) is 1.00. The molecule has 0 unspecified atom stereocenters. The van der Waals surface area contributed by atoms with Gasteiger partial charge in [0.1, 0.15) is 0 Å². The van der Waals surface area contributed by atoms with Gasteiger partial charge in [0.05, 0.1) is 0 Å². The summed E-state index contributed by atoms with van der Waals surface area (Å²) in [5.74, 6) is 0. The summed E-state index contributed by atoms with van der Waals surface area (Å²) in [5, 5.41) is 0. The largest absolute Gasteiger partial charge is 1.00 e. The maximum atomic E-state index is 10.4. The van der Waals surface area contributed by atoms with Crippen molar-refractivity contribution in [2.45, 2.75) is 64.2 Å². The normalized spacial score (nSPS) is 10.7. The molecule has 2 N–H and O–H groups in total. The van der Waals surface area contributed by atoms with Gasteiger partial charge in [-0.1, -0.05) is 59.0 Å². The van der Waals surface area contributed by atoms with Crippen LogP contribution in [0.25, 0.3) is 0 Å². The molecule has 0 rings (SSSR count). The third kappa shape index (κ3) is 26.6. The molecule has 104 valence electrons. The van der Waals surface area contributed by atoms with E-state index in [1.807, 2.05) is 0 Å². The first kappa shape index (κ1) is 27.2. The molecule has 0 fully saturated rings. The molecular weight excluding hydrogens is 315 g/mol. The van der Waals surface area contributed by atoms with Gasteiger partial charge in [-0.3, -0.25) is 0 Å². The minimum Gasteiger partial charge on any atom is -0.811 e. The first-order chi connectivity index (χ1) is 8.06. The Morgan fingerprint density at radius 3 is 1.32 bits per heavy atom. The average molecular weight is 342 g/mol. The van der Waals surface area contributed by atoms with Crippen LogP contribution in [0.3, 0.4) is 0 Å². The maximum absolute atomic E-state index is 10.4. The summed E-state index contributed by atoms with van der Waals surface area (Å²) in [7, 11) is -4.25. The van der Waals surface area contributed by atoms with Gasteiger partial charge in [0, 0.05) is 0 Å². The molecule has 0 spiro atoms. The van der Waals surface area contributed by atoms with E-state index in [0.717, 1.165) is 32.2 Å². The number of nitrogens with two attached hydrogens (primary N) is 1. The summed E-state index contributed by atoms with van der Waals surface area (Å²) in [4.78, 5) is 20.7. The summed E-state index contributed by atoms with van der Waals surface area (Å²) in [5.41, 5.74) is 5.40. The van der Waals surface area contributed by atoms with E-state index in [4.69, 9.17) is 5.73 Å². The van der Waals surface area contributed by atoms with Crippen LogP contribution >= 0.6 is 7.60 Å². The van der Waals surface area contributed by atoms with Gasteiger partial charge in [-0.2, -0.15) is 0 Å². The van der Waals surface area contributed by atoms with Gasteiger partial charge in [0.15, 0.2) is 0 Å². The Morgan fingerprint density at radius 1 is 0.684 bits per heavy atom. The van der Waals surface area contributed by atoms with E-state index in [1.54, 1.807) is 0 Å². The number of hydrogen-bond acceptors (Lipinski definition) is 4. The molecule has 0 bridgehead atoms. The topological polar surface area (TPSA) is 89.2 Å². The van der Waals surface area contributed by atoms with Crippen LogP contribution in [0.5, 0.6) is 0 Å². The van der Waals surface area contributed by atoms with Gasteiger partial charge >= 0.3 is 103 Å². The Morgan fingerprint density at radius 2 is 1.00 bits per heavy atom. The standard InChI is InChI=1S/C12H28NO3P.2K/c13-11-9-7-5-3-1-2-4-6-8-10-12-17(14,15)16;;/h1-13H2,(H2,14,15,16);;/q;2*+1/p-2. The van der Waals surface area contributed by atoms with Crippen molar-refractivity contribution in [3.8, 4) is 0 Å². The van der Waals surface area contributed by atoms with Crippen molar-refractivity contribution >= 4 is 7.60 Å². The zero-order chi connectivity index (χ0) is 13.0. The number of hydrogen-bond donors (Lipinski definition) is 1. The molecule has 0 aliphatic heterocycles. The molecule has 7 heteroatoms. The van der Waals surface area contributed by atoms with E-state index < -0.39 is 7.60 Å². The molecule has 0 saturated carbocycles. The summed E-state index contributed by atoms with van der Waals surface area (Å²) in [6.45, 7) is 0.795. The third-order valence-corrected chi connectivity index (χ3v) is 3.75. The molecule has 0 aliphatic carbocycles. The van der Waals surface area contributed by atoms with Crippen molar-refractivity contribution in [2.24, 2.45) is 5.73 Å². The first-order valence-electron chi connectivity index (χ1n) is 6.77. The molecule has 0 atom stereocenters. The van der Waals surface area contributed by atoms with E-state index in [2.05, 4.69) is 0 Å². The SMILES string of the molecule is NCCCCCCCCCCCCP(=O)([O-])[O-].[K+].[K+]. The first-order valence-corrected chi connectivity index (χ1v) is 8.50. The summed E-state index contributed by atoms with van der Waals surface area (Å²) in [6.07, 6.45) is 10.8. The molecule has 4 nitrogen and oxygen atoms in total. The second-order valence-electron chi connectivity index (χ2n) is 4.66. The van der Waals surface area contributed by atoms with E-state index >= 15 is 0 Å². The molecule has 0 saturated heterocycles. The monoisotopic (exact) mass is 341 g/mol. The second-order valence-corrected chi connectivity index (χ2v) is 6.33. The Bertz CT molecular complexity index is 215. The van der Waals surface area contributed by atoms with Crippen molar-refractivity contribution in [3.63, 3.8) is 0 Å². The third-order valence-electron chi connectivity index (χ3n) is 2.89. The minimum absolute atomic E-state index is 0. The molecular formula is C12H26K2NO3P. The van der Waals surface area contributed by atoms with Crippen LogP contribution in [0.1, 0.15) is 64.2 Å². The Balaban J connectivity index is -0.00000128. The second kappa shape index (κ2) is 19.4. The summed E-state index contributed by atoms with van der Waals surface area (Å²) >= 11 is 0. The molecule has 0 radical (unpaired) electrons. The van der Waals surface area contributed by atoms with Crippen molar-refractivity contribution in [1.82, 2.24) is 0 Å². The Kier molecular flexibility index (Phi) is 27.9. The van der Waals surface area contributed by atoms with Crippen molar-refractivity contribution in [1.29, 1.82) is 0 Å². The van der Waals surface area contributed by atoms with E-state index in [1.165, 1.54) is 32.1 Å². The fourth-order valence-corrected chi connectivity index (χ4v) is 2.47. The fourth-order valence-electron chi connectivity index (χ4n) is 1.86. The van der Waals surface area contributed by atoms with E-state index in [9.17, 15) is 14.4 Å². The Labute approximate surface area is 203 Å². The number of unbranched alkanes of at least 4 members (excludes halogenated alkanes) is 9. The van der Waals surface area contributed by atoms with Crippen molar-refractivity contribution < 1.29 is 117 Å². The van der Waals surface area contributed by atoms with Crippen LogP contribution in [-0.2, 0) is 4.57 Å². The zero-order valence-corrected chi connectivity index (χ0v) is 19.9. The van der Waals surface area contributed by atoms with Gasteiger partial charge in [0.2, 0.25) is 0 Å². The van der Waals surface area contributed by atoms with Crippen LogP contribution in [0.15, 0.2) is 0 Å². The quantitative estimate of drug-likeness (QED) is 0.221. The van der Waals surface area contributed by atoms with Crippen LogP contribution in [0.2, 0.25) is 0 Å². The molecule has 0 aromatic carbocycles. The molecule has 0 aromatic rings. The van der Waals surface area contributed by atoms with Crippen LogP contribution in [0.4, 0.5) is 0 Å². The molecule has 0 heterocycles. The van der Waals surface area contributed by atoms with Gasteiger partial charge in [0.25, 0.3) is 0 Å². The smallest absolute Gasteiger partial charge is 0.811 e. The minimum atomic E-state index is -4.25. The predicted octanol–water partition coefficient (Wildman–Crippen LogP) is -4.23. The zero-order valence-electron chi connectivity index (χ0n) is 12.7. The van der Waals surface area contributed by atoms with Crippen LogP contribution < -0.4 is 118 Å². The van der Waals surface area contributed by atoms with Crippen molar-refractivity contribution in [3.05, 3.63) is 0 Å². The van der Waals surface area contributed by atoms with Gasteiger partial charge in [-0.15, -0.1) is 0 Å². The van der Waals surface area contributed by atoms with E-state index in [0.29, 0.717) is 6.42 Å². The Hall–Kier alpha value is 3.38. The molecule has 0 aliphatic rings. The van der Waals surface area contributed by atoms with E-state index in [-0.39, 0.29) is 109 Å². The maximum Gasteiger partial charge on any atom is 1.00 e. The van der Waals surface area contributed by atoms with Crippen LogP contribution in [-0.4, -0.2) is 12.7 Å². The van der Waals surface area contributed by atoms with Crippen LogP contribution in [0, 0.1) is 0 Å². The molecule has 19 heavy (non-hydrogen) atoms. The van der Waals surface area contributed by atoms with Crippen molar-refractivity contribution in [2.75, 3.05) is 12.7 Å². The van der Waals surface area contributed by atoms with Gasteiger partial charge < -0.3 is 20.1 Å². The predicted molar refractivity (Wildman–Crippen MR) is 67.7 cm³/mol. The van der Waals surface area contributed by atoms with Gasteiger partial charge in [-0.05, 0) is 25.5 Å². The summed E-state index contributed by atoms with van der Waals surface area (Å²) in [6, 6.07) is 0. The average Bonchev–Trinajstić information content (AvgIpc) is 2.24. The molecule has 0 aromatic heterocycles. The summed E-state index contributed by atoms with van der Waals surface area (Å²) < 4.78 is 10.4. The molecule has 0 amide bonds. The van der Waals surface area contributed by atoms with Gasteiger partial charge in [-0.25, -0.2) is 0 Å². The number of rotatable bonds is 12.